The van der Waals surface area contributed by atoms with E-state index in [1.165, 1.54) is 0 Å². The summed E-state index contributed by atoms with van der Waals surface area (Å²) in [5.74, 6) is -0.0796. The van der Waals surface area contributed by atoms with Crippen LogP contribution in [-0.2, 0) is 0 Å². The lowest BCUT2D eigenvalue weighted by molar-refractivity contribution is 0.432. The van der Waals surface area contributed by atoms with Crippen molar-refractivity contribution < 1.29 is 20.4 Å². The lowest BCUT2D eigenvalue weighted by Crippen LogP contribution is -2.13. The topological polar surface area (TPSA) is 80.9 Å². The Kier molecular flexibility index (Phi) is 7.70. The van der Waals surface area contributed by atoms with Crippen LogP contribution < -0.4 is 0 Å². The number of benzene rings is 4. The van der Waals surface area contributed by atoms with Gasteiger partial charge >= 0.3 is 0 Å². The molecule has 0 aliphatic rings. The Bertz CT molecular complexity index is 1330. The van der Waals surface area contributed by atoms with Crippen molar-refractivity contribution in [3.05, 3.63) is 115 Å². The molecule has 0 aliphatic heterocycles. The average Bonchev–Trinajstić information content (AvgIpc) is 2.85. The molecule has 0 atom stereocenters. The van der Waals surface area contributed by atoms with Gasteiger partial charge in [-0.3, -0.25) is 0 Å². The summed E-state index contributed by atoms with van der Waals surface area (Å²) < 4.78 is 0. The third kappa shape index (κ3) is 5.47. The van der Waals surface area contributed by atoms with Crippen LogP contribution in [0.3, 0.4) is 0 Å². The second-order valence-corrected chi connectivity index (χ2v) is 11.4. The van der Waals surface area contributed by atoms with Crippen LogP contribution >= 0.6 is 0 Å². The van der Waals surface area contributed by atoms with E-state index in [4.69, 9.17) is 0 Å². The van der Waals surface area contributed by atoms with Crippen molar-refractivity contribution in [1.29, 1.82) is 0 Å². The van der Waals surface area contributed by atoms with Crippen LogP contribution in [0.25, 0.3) is 0 Å². The third-order valence-corrected chi connectivity index (χ3v) is 7.87. The fraction of sp³-hybridized carbons (Fsp3) is 0.314. The molecule has 4 aromatic carbocycles. The zero-order chi connectivity index (χ0) is 28.8. The molecule has 4 heteroatoms. The molecular weight excluding hydrogens is 484 g/mol. The Labute approximate surface area is 232 Å². The van der Waals surface area contributed by atoms with E-state index in [-0.39, 0.29) is 23.0 Å². The van der Waals surface area contributed by atoms with E-state index in [0.717, 1.165) is 44.5 Å². The second kappa shape index (κ2) is 10.7. The van der Waals surface area contributed by atoms with Gasteiger partial charge in [-0.05, 0) is 84.1 Å². The van der Waals surface area contributed by atoms with Gasteiger partial charge in [-0.1, -0.05) is 70.8 Å². The minimum atomic E-state index is -0.423. The van der Waals surface area contributed by atoms with Crippen LogP contribution in [0.4, 0.5) is 0 Å². The van der Waals surface area contributed by atoms with Crippen LogP contribution in [0, 0.1) is 55.4 Å². The molecule has 0 spiro atoms. The van der Waals surface area contributed by atoms with Gasteiger partial charge in [0.2, 0.25) is 0 Å². The molecule has 0 saturated carbocycles. The third-order valence-electron chi connectivity index (χ3n) is 7.87. The van der Waals surface area contributed by atoms with Crippen molar-refractivity contribution in [2.75, 3.05) is 0 Å². The number of phenols is 4. The molecule has 0 saturated heterocycles. The van der Waals surface area contributed by atoms with Crippen molar-refractivity contribution in [2.24, 2.45) is 0 Å². The van der Waals surface area contributed by atoms with Gasteiger partial charge in [0.15, 0.2) is 0 Å². The minimum Gasteiger partial charge on any atom is -0.507 e. The highest BCUT2D eigenvalue weighted by Gasteiger charge is 2.31. The first kappa shape index (κ1) is 28.1. The zero-order valence-corrected chi connectivity index (χ0v) is 24.3. The first-order valence-electron chi connectivity index (χ1n) is 13.5. The lowest BCUT2D eigenvalue weighted by atomic mass is 9.75. The predicted molar refractivity (Wildman–Crippen MR) is 159 cm³/mol. The van der Waals surface area contributed by atoms with Crippen LogP contribution in [0.5, 0.6) is 23.0 Å². The number of aryl methyl sites for hydroxylation is 8. The fourth-order valence-corrected chi connectivity index (χ4v) is 6.11. The van der Waals surface area contributed by atoms with Gasteiger partial charge in [-0.2, -0.15) is 0 Å². The summed E-state index contributed by atoms with van der Waals surface area (Å²) in [5.41, 5.74) is 9.94. The van der Waals surface area contributed by atoms with Crippen molar-refractivity contribution in [2.45, 2.75) is 73.6 Å². The largest absolute Gasteiger partial charge is 0.507 e. The Morgan fingerprint density at radius 2 is 0.590 bits per heavy atom. The lowest BCUT2D eigenvalue weighted by Gasteiger charge is -2.29. The van der Waals surface area contributed by atoms with E-state index >= 15 is 0 Å². The monoisotopic (exact) mass is 524 g/mol. The second-order valence-electron chi connectivity index (χ2n) is 11.4. The van der Waals surface area contributed by atoms with Gasteiger partial charge in [0.25, 0.3) is 0 Å². The average molecular weight is 525 g/mol. The molecule has 4 N–H and O–H groups in total. The van der Waals surface area contributed by atoms with Gasteiger partial charge < -0.3 is 20.4 Å². The molecule has 4 rings (SSSR count). The number of hydrogen-bond donors (Lipinski definition) is 4. The summed E-state index contributed by atoms with van der Waals surface area (Å²) in [6.07, 6.45) is 0.403. The van der Waals surface area contributed by atoms with Crippen molar-refractivity contribution in [1.82, 2.24) is 0 Å². The fourth-order valence-electron chi connectivity index (χ4n) is 6.11. The van der Waals surface area contributed by atoms with E-state index in [0.29, 0.717) is 28.7 Å². The molecule has 0 aromatic heterocycles. The maximum absolute atomic E-state index is 11.3. The minimum absolute atomic E-state index is 0.192. The molecule has 0 aliphatic carbocycles. The first-order valence-corrected chi connectivity index (χ1v) is 13.5. The molecule has 0 amide bonds. The molecule has 0 fully saturated rings. The molecular formula is C35H40O4. The van der Waals surface area contributed by atoms with Crippen molar-refractivity contribution >= 4 is 0 Å². The summed E-state index contributed by atoms with van der Waals surface area (Å²) in [6.45, 7) is 15.5. The maximum atomic E-state index is 11.3. The van der Waals surface area contributed by atoms with Crippen LogP contribution in [0.2, 0.25) is 0 Å². The zero-order valence-electron chi connectivity index (χ0n) is 24.3. The summed E-state index contributed by atoms with van der Waals surface area (Å²) in [7, 11) is 0. The molecule has 4 aromatic rings. The highest BCUT2D eigenvalue weighted by atomic mass is 16.3. The van der Waals surface area contributed by atoms with E-state index in [1.807, 2.05) is 104 Å². The van der Waals surface area contributed by atoms with Gasteiger partial charge in [0.1, 0.15) is 23.0 Å². The van der Waals surface area contributed by atoms with Crippen molar-refractivity contribution in [3.8, 4) is 23.0 Å². The molecule has 4 nitrogen and oxygen atoms in total. The molecule has 39 heavy (non-hydrogen) atoms. The van der Waals surface area contributed by atoms with Gasteiger partial charge in [0.05, 0.1) is 0 Å². The Hall–Kier alpha value is -3.92. The SMILES string of the molecule is Cc1cc(C)c(O)c(C(CC(c2cc(C)cc(C)c2O)c2cc(C)cc(C)c2O)c2cc(C)cc(C)c2O)c1. The van der Waals surface area contributed by atoms with Crippen LogP contribution in [-0.4, -0.2) is 20.4 Å². The molecule has 0 radical (unpaired) electrons. The normalized spacial score (nSPS) is 11.5. The highest BCUT2D eigenvalue weighted by Crippen LogP contribution is 2.49. The standard InChI is InChI=1S/C35H40O4/c1-18-9-22(5)32(36)28(13-18)26(29-14-19(2)10-23(6)33(29)37)17-27(30-15-20(3)11-24(7)34(30)38)31-16-21(4)12-25(8)35(31)39/h9-16,26-27,36-39H,17H2,1-8H3. The van der Waals surface area contributed by atoms with Crippen LogP contribution in [0.15, 0.2) is 48.5 Å². The number of rotatable bonds is 6. The summed E-state index contributed by atoms with van der Waals surface area (Å²) >= 11 is 0. The van der Waals surface area contributed by atoms with Crippen LogP contribution in [0.1, 0.15) is 85.0 Å². The van der Waals surface area contributed by atoms with Gasteiger partial charge in [-0.25, -0.2) is 0 Å². The molecule has 0 heterocycles. The molecule has 0 bridgehead atoms. The van der Waals surface area contributed by atoms with E-state index < -0.39 is 11.8 Å². The van der Waals surface area contributed by atoms with E-state index in [1.54, 1.807) is 0 Å². The predicted octanol–water partition coefficient (Wildman–Crippen LogP) is 8.33. The summed E-state index contributed by atoms with van der Waals surface area (Å²) in [6, 6.07) is 15.7. The first-order chi connectivity index (χ1) is 18.3. The van der Waals surface area contributed by atoms with Gasteiger partial charge in [0, 0.05) is 34.1 Å². The number of aromatic hydroxyl groups is 4. The molecule has 0 unspecified atom stereocenters. The highest BCUT2D eigenvalue weighted by molar-refractivity contribution is 5.57. The van der Waals surface area contributed by atoms with E-state index in [9.17, 15) is 20.4 Å². The number of phenolic OH excluding ortho intramolecular Hbond substituents is 4. The number of hydrogen-bond acceptors (Lipinski definition) is 4. The smallest absolute Gasteiger partial charge is 0.122 e. The van der Waals surface area contributed by atoms with Crippen molar-refractivity contribution in [3.63, 3.8) is 0 Å². The maximum Gasteiger partial charge on any atom is 0.122 e. The quantitative estimate of drug-likeness (QED) is 0.204. The Morgan fingerprint density at radius 1 is 0.385 bits per heavy atom. The Morgan fingerprint density at radius 3 is 0.795 bits per heavy atom. The summed E-state index contributed by atoms with van der Waals surface area (Å²) in [5, 5.41) is 45.4. The Balaban J connectivity index is 2.07. The van der Waals surface area contributed by atoms with Gasteiger partial charge in [-0.15, -0.1) is 0 Å². The summed E-state index contributed by atoms with van der Waals surface area (Å²) in [4.78, 5) is 0. The molecule has 204 valence electrons. The van der Waals surface area contributed by atoms with E-state index in [2.05, 4.69) is 0 Å².